The number of guanidine groups is 1. The highest BCUT2D eigenvalue weighted by Gasteiger charge is 2.35. The Morgan fingerprint density at radius 1 is 1.25 bits per heavy atom. The molecule has 2 rings (SSSR count). The largest absolute Gasteiger partial charge is 0.444 e. The molecule has 2 aliphatic rings. The lowest BCUT2D eigenvalue weighted by molar-refractivity contribution is 0.0302. The first-order valence-electron chi connectivity index (χ1n) is 9.20. The Kier molecular flexibility index (Phi) is 6.35. The fraction of sp³-hybridized carbons (Fsp3) is 0.889. The Balaban J connectivity index is 1.75. The first-order valence-corrected chi connectivity index (χ1v) is 9.20. The number of amides is 1. The van der Waals surface area contributed by atoms with Crippen molar-refractivity contribution in [1.82, 2.24) is 15.1 Å². The van der Waals surface area contributed by atoms with Gasteiger partial charge in [-0.05, 0) is 45.4 Å². The number of hydrogen-bond donors (Lipinski definition) is 1. The van der Waals surface area contributed by atoms with Crippen molar-refractivity contribution in [3.63, 3.8) is 0 Å². The highest BCUT2D eigenvalue weighted by atomic mass is 16.6. The van der Waals surface area contributed by atoms with Crippen molar-refractivity contribution in [2.45, 2.75) is 52.1 Å². The van der Waals surface area contributed by atoms with Crippen LogP contribution in [0.2, 0.25) is 0 Å². The van der Waals surface area contributed by atoms with E-state index in [1.54, 1.807) is 11.9 Å². The summed E-state index contributed by atoms with van der Waals surface area (Å²) in [7, 11) is 3.60. The third-order valence-electron chi connectivity index (χ3n) is 4.92. The zero-order valence-electron chi connectivity index (χ0n) is 16.0. The second-order valence-corrected chi connectivity index (χ2v) is 8.09. The summed E-state index contributed by atoms with van der Waals surface area (Å²) in [5.74, 6) is 2.63. The van der Waals surface area contributed by atoms with Crippen molar-refractivity contribution in [2.75, 3.05) is 40.3 Å². The van der Waals surface area contributed by atoms with Crippen molar-refractivity contribution in [2.24, 2.45) is 16.8 Å². The fourth-order valence-electron chi connectivity index (χ4n) is 3.68. The molecule has 2 unspecified atom stereocenters. The van der Waals surface area contributed by atoms with E-state index in [4.69, 9.17) is 4.74 Å². The van der Waals surface area contributed by atoms with Crippen molar-refractivity contribution in [3.05, 3.63) is 0 Å². The monoisotopic (exact) mass is 338 g/mol. The molecule has 0 aromatic heterocycles. The Hall–Kier alpha value is -1.46. The Bertz CT molecular complexity index is 444. The molecule has 24 heavy (non-hydrogen) atoms. The van der Waals surface area contributed by atoms with Crippen molar-refractivity contribution in [3.8, 4) is 0 Å². The van der Waals surface area contributed by atoms with E-state index in [2.05, 4.69) is 15.2 Å². The second kappa shape index (κ2) is 8.08. The van der Waals surface area contributed by atoms with Gasteiger partial charge in [-0.15, -0.1) is 0 Å². The van der Waals surface area contributed by atoms with Crippen molar-refractivity contribution in [1.29, 1.82) is 0 Å². The number of aliphatic imine (C=N–C) groups is 1. The quantitative estimate of drug-likeness (QED) is 0.635. The molecule has 1 saturated heterocycles. The van der Waals surface area contributed by atoms with Crippen LogP contribution in [0.5, 0.6) is 0 Å². The SMILES string of the molecule is CN=C(NCCN(C)C(=O)OC(C)(C)C)N1CC2CCCCC2C1. The maximum atomic E-state index is 12.0. The molecule has 1 aliphatic carbocycles. The molecule has 1 heterocycles. The molecule has 1 saturated carbocycles. The molecular weight excluding hydrogens is 304 g/mol. The summed E-state index contributed by atoms with van der Waals surface area (Å²) in [6, 6.07) is 0. The molecule has 138 valence electrons. The van der Waals surface area contributed by atoms with Crippen LogP contribution in [0.3, 0.4) is 0 Å². The highest BCUT2D eigenvalue weighted by molar-refractivity contribution is 5.80. The van der Waals surface area contributed by atoms with Crippen molar-refractivity contribution < 1.29 is 9.53 Å². The molecule has 0 bridgehead atoms. The summed E-state index contributed by atoms with van der Waals surface area (Å²) < 4.78 is 5.37. The van der Waals surface area contributed by atoms with Gasteiger partial charge in [-0.1, -0.05) is 12.8 Å². The van der Waals surface area contributed by atoms with Crippen LogP contribution < -0.4 is 5.32 Å². The van der Waals surface area contributed by atoms with E-state index >= 15 is 0 Å². The summed E-state index contributed by atoms with van der Waals surface area (Å²) in [6.07, 6.45) is 5.19. The van der Waals surface area contributed by atoms with Crippen LogP contribution in [0.4, 0.5) is 4.79 Å². The van der Waals surface area contributed by atoms with Gasteiger partial charge in [0.15, 0.2) is 5.96 Å². The zero-order chi connectivity index (χ0) is 17.7. The number of likely N-dealkylation sites (tertiary alicyclic amines) is 1. The molecule has 2 atom stereocenters. The first kappa shape index (κ1) is 18.9. The van der Waals surface area contributed by atoms with Gasteiger partial charge < -0.3 is 19.9 Å². The second-order valence-electron chi connectivity index (χ2n) is 8.09. The van der Waals surface area contributed by atoms with Crippen LogP contribution in [0, 0.1) is 11.8 Å². The topological polar surface area (TPSA) is 57.2 Å². The molecule has 0 spiro atoms. The van der Waals surface area contributed by atoms with E-state index < -0.39 is 5.60 Å². The summed E-state index contributed by atoms with van der Waals surface area (Å²) >= 11 is 0. The van der Waals surface area contributed by atoms with E-state index in [-0.39, 0.29) is 6.09 Å². The first-order chi connectivity index (χ1) is 11.3. The van der Waals surface area contributed by atoms with Crippen LogP contribution >= 0.6 is 0 Å². The average molecular weight is 338 g/mol. The van der Waals surface area contributed by atoms with Gasteiger partial charge >= 0.3 is 6.09 Å². The lowest BCUT2D eigenvalue weighted by Crippen LogP contribution is -2.44. The van der Waals surface area contributed by atoms with Gasteiger partial charge in [-0.2, -0.15) is 0 Å². The predicted molar refractivity (Wildman–Crippen MR) is 97.2 cm³/mol. The van der Waals surface area contributed by atoms with Gasteiger partial charge in [0.05, 0.1) is 0 Å². The number of fused-ring (bicyclic) bond motifs is 1. The Morgan fingerprint density at radius 3 is 2.33 bits per heavy atom. The average Bonchev–Trinajstić information content (AvgIpc) is 2.93. The number of carbonyl (C=O) groups is 1. The van der Waals surface area contributed by atoms with Crippen molar-refractivity contribution >= 4 is 12.1 Å². The van der Waals surface area contributed by atoms with Crippen LogP contribution in [-0.4, -0.2) is 67.7 Å². The summed E-state index contributed by atoms with van der Waals surface area (Å²) in [4.78, 5) is 20.4. The van der Waals surface area contributed by atoms with Crippen LogP contribution in [-0.2, 0) is 4.74 Å². The lowest BCUT2D eigenvalue weighted by Gasteiger charge is -2.26. The van der Waals surface area contributed by atoms with Crippen LogP contribution in [0.15, 0.2) is 4.99 Å². The van der Waals surface area contributed by atoms with E-state index in [9.17, 15) is 4.79 Å². The molecule has 0 aromatic carbocycles. The number of carbonyl (C=O) groups excluding carboxylic acids is 1. The Morgan fingerprint density at radius 2 is 1.83 bits per heavy atom. The summed E-state index contributed by atoms with van der Waals surface area (Å²) in [5, 5.41) is 3.40. The minimum absolute atomic E-state index is 0.286. The zero-order valence-corrected chi connectivity index (χ0v) is 16.0. The maximum Gasteiger partial charge on any atom is 0.410 e. The third-order valence-corrected chi connectivity index (χ3v) is 4.92. The molecule has 1 aliphatic heterocycles. The van der Waals surface area contributed by atoms with Gasteiger partial charge in [0, 0.05) is 40.3 Å². The van der Waals surface area contributed by atoms with Gasteiger partial charge in [-0.3, -0.25) is 4.99 Å². The fourth-order valence-corrected chi connectivity index (χ4v) is 3.68. The molecule has 0 aromatic rings. The van der Waals surface area contributed by atoms with E-state index in [0.29, 0.717) is 13.1 Å². The van der Waals surface area contributed by atoms with Gasteiger partial charge in [0.25, 0.3) is 0 Å². The third kappa shape index (κ3) is 5.28. The Labute approximate surface area is 146 Å². The number of hydrogen-bond acceptors (Lipinski definition) is 3. The van der Waals surface area contributed by atoms with E-state index in [0.717, 1.165) is 30.9 Å². The smallest absolute Gasteiger partial charge is 0.410 e. The number of ether oxygens (including phenoxy) is 1. The summed E-state index contributed by atoms with van der Waals surface area (Å²) in [5.41, 5.74) is -0.458. The highest BCUT2D eigenvalue weighted by Crippen LogP contribution is 2.35. The standard InChI is InChI=1S/C18H34N4O2/c1-18(2,3)24-17(23)21(5)11-10-20-16(19-4)22-12-14-8-6-7-9-15(14)13-22/h14-15H,6-13H2,1-5H3,(H,19,20). The molecule has 6 heteroatoms. The van der Waals surface area contributed by atoms with Gasteiger partial charge in [0.2, 0.25) is 0 Å². The molecule has 6 nitrogen and oxygen atoms in total. The molecule has 1 N–H and O–H groups in total. The van der Waals surface area contributed by atoms with Crippen LogP contribution in [0.25, 0.3) is 0 Å². The molecular formula is C18H34N4O2. The molecule has 2 fully saturated rings. The molecule has 0 radical (unpaired) electrons. The maximum absolute atomic E-state index is 12.0. The van der Waals surface area contributed by atoms with Crippen LogP contribution in [0.1, 0.15) is 46.5 Å². The normalized spacial score (nSPS) is 24.5. The minimum Gasteiger partial charge on any atom is -0.444 e. The van der Waals surface area contributed by atoms with E-state index in [1.165, 1.54) is 25.7 Å². The number of nitrogens with one attached hydrogen (secondary N) is 1. The number of nitrogens with zero attached hydrogens (tertiary/aromatic N) is 3. The predicted octanol–water partition coefficient (Wildman–Crippen LogP) is 2.55. The van der Waals surface area contributed by atoms with Gasteiger partial charge in [0.1, 0.15) is 5.60 Å². The van der Waals surface area contributed by atoms with Gasteiger partial charge in [-0.25, -0.2) is 4.79 Å². The number of likely N-dealkylation sites (N-methyl/N-ethyl adjacent to an activating group) is 1. The lowest BCUT2D eigenvalue weighted by atomic mass is 9.82. The molecule has 1 amide bonds. The van der Waals surface area contributed by atoms with E-state index in [1.807, 2.05) is 27.8 Å². The number of rotatable bonds is 3. The summed E-state index contributed by atoms with van der Waals surface area (Å²) in [6.45, 7) is 9.14. The minimum atomic E-state index is -0.458.